The topological polar surface area (TPSA) is 77.6 Å². The number of alkyl halides is 3. The normalized spacial score (nSPS) is 11.6. The molecule has 0 bridgehead atoms. The molecule has 0 aliphatic carbocycles. The molecule has 1 N–H and O–H groups in total. The summed E-state index contributed by atoms with van der Waals surface area (Å²) in [5.74, 6) is -0.264. The number of nitrogens with zero attached hydrogens (tertiary/aromatic N) is 5. The van der Waals surface area contributed by atoms with Crippen LogP contribution in [0.5, 0.6) is 0 Å². The van der Waals surface area contributed by atoms with E-state index in [4.69, 9.17) is 0 Å². The molecule has 0 fully saturated rings. The standard InChI is InChI=1S/C17H17F3N6O/c1-12-9-14(17(18,19)20)23-26(12)8-7-15(27)22-16-21-11-25(24-16)10-13-5-3-2-4-6-13/h2-6,9,11H,7-8,10H2,1H3,(H,22,24,27). The van der Waals surface area contributed by atoms with Crippen LogP contribution in [0.15, 0.2) is 42.7 Å². The Labute approximate surface area is 152 Å². The molecule has 3 aromatic rings. The van der Waals surface area contributed by atoms with E-state index >= 15 is 0 Å². The Kier molecular flexibility index (Phi) is 5.24. The number of aromatic nitrogens is 5. The maximum atomic E-state index is 12.7. The first-order valence-corrected chi connectivity index (χ1v) is 8.16. The first-order valence-electron chi connectivity index (χ1n) is 8.16. The van der Waals surface area contributed by atoms with Crippen molar-refractivity contribution in [3.05, 3.63) is 59.7 Å². The van der Waals surface area contributed by atoms with Gasteiger partial charge in [0.05, 0.1) is 6.54 Å². The average Bonchev–Trinajstić information content (AvgIpc) is 3.20. The predicted molar refractivity (Wildman–Crippen MR) is 90.8 cm³/mol. The number of benzene rings is 1. The van der Waals surface area contributed by atoms with Gasteiger partial charge in [0.2, 0.25) is 11.9 Å². The van der Waals surface area contributed by atoms with Gasteiger partial charge in [-0.1, -0.05) is 30.3 Å². The van der Waals surface area contributed by atoms with Gasteiger partial charge in [0.15, 0.2) is 5.69 Å². The van der Waals surface area contributed by atoms with Gasteiger partial charge >= 0.3 is 6.18 Å². The van der Waals surface area contributed by atoms with E-state index in [-0.39, 0.29) is 18.9 Å². The number of halogens is 3. The molecule has 2 aromatic heterocycles. The summed E-state index contributed by atoms with van der Waals surface area (Å²) >= 11 is 0. The van der Waals surface area contributed by atoms with Crippen molar-refractivity contribution in [1.29, 1.82) is 0 Å². The summed E-state index contributed by atoms with van der Waals surface area (Å²) in [7, 11) is 0. The molecular weight excluding hydrogens is 361 g/mol. The molecule has 0 unspecified atom stereocenters. The van der Waals surface area contributed by atoms with E-state index in [1.54, 1.807) is 4.68 Å². The van der Waals surface area contributed by atoms with Crippen LogP contribution in [0.2, 0.25) is 0 Å². The second-order valence-corrected chi connectivity index (χ2v) is 5.94. The zero-order chi connectivity index (χ0) is 19.4. The fourth-order valence-electron chi connectivity index (χ4n) is 2.47. The zero-order valence-electron chi connectivity index (χ0n) is 14.4. The minimum absolute atomic E-state index is 0.0263. The second kappa shape index (κ2) is 7.60. The number of anilines is 1. The van der Waals surface area contributed by atoms with E-state index in [0.29, 0.717) is 12.2 Å². The van der Waals surface area contributed by atoms with Gasteiger partial charge in [-0.25, -0.2) is 9.67 Å². The summed E-state index contributed by atoms with van der Waals surface area (Å²) in [5, 5.41) is 10.2. The lowest BCUT2D eigenvalue weighted by Gasteiger charge is -2.05. The number of nitrogens with one attached hydrogen (secondary N) is 1. The van der Waals surface area contributed by atoms with Crippen molar-refractivity contribution in [3.8, 4) is 0 Å². The summed E-state index contributed by atoms with van der Waals surface area (Å²) < 4.78 is 40.7. The van der Waals surface area contributed by atoms with Crippen LogP contribution in [0.4, 0.5) is 19.1 Å². The van der Waals surface area contributed by atoms with Gasteiger partial charge in [0.1, 0.15) is 6.33 Å². The van der Waals surface area contributed by atoms with Crippen molar-refractivity contribution < 1.29 is 18.0 Å². The Balaban J connectivity index is 1.54. The van der Waals surface area contributed by atoms with Crippen molar-refractivity contribution in [2.45, 2.75) is 32.6 Å². The smallest absolute Gasteiger partial charge is 0.293 e. The van der Waals surface area contributed by atoms with Crippen LogP contribution in [-0.4, -0.2) is 30.5 Å². The van der Waals surface area contributed by atoms with Crippen LogP contribution in [0.3, 0.4) is 0 Å². The summed E-state index contributed by atoms with van der Waals surface area (Å²) in [6, 6.07) is 10.6. The number of rotatable bonds is 6. The Hall–Kier alpha value is -3.17. The van der Waals surface area contributed by atoms with E-state index in [2.05, 4.69) is 20.5 Å². The van der Waals surface area contributed by atoms with Gasteiger partial charge in [-0.3, -0.25) is 14.8 Å². The van der Waals surface area contributed by atoms with Crippen LogP contribution in [0.25, 0.3) is 0 Å². The largest absolute Gasteiger partial charge is 0.435 e. The molecule has 27 heavy (non-hydrogen) atoms. The van der Waals surface area contributed by atoms with E-state index in [1.165, 1.54) is 13.3 Å². The molecule has 2 heterocycles. The number of carbonyl (C=O) groups is 1. The summed E-state index contributed by atoms with van der Waals surface area (Å²) in [6.45, 7) is 2.04. The Bertz CT molecular complexity index is 916. The van der Waals surface area contributed by atoms with Crippen LogP contribution in [0, 0.1) is 6.92 Å². The maximum Gasteiger partial charge on any atom is 0.435 e. The number of amides is 1. The van der Waals surface area contributed by atoms with Gasteiger partial charge in [0.25, 0.3) is 0 Å². The van der Waals surface area contributed by atoms with Crippen LogP contribution in [-0.2, 0) is 24.1 Å². The zero-order valence-corrected chi connectivity index (χ0v) is 14.4. The lowest BCUT2D eigenvalue weighted by Crippen LogP contribution is -2.17. The Morgan fingerprint density at radius 3 is 2.59 bits per heavy atom. The highest BCUT2D eigenvalue weighted by atomic mass is 19.4. The number of hydrogen-bond acceptors (Lipinski definition) is 4. The predicted octanol–water partition coefficient (Wildman–Crippen LogP) is 2.88. The third-order valence-corrected chi connectivity index (χ3v) is 3.80. The van der Waals surface area contributed by atoms with Crippen molar-refractivity contribution in [2.24, 2.45) is 0 Å². The SMILES string of the molecule is Cc1cc(C(F)(F)F)nn1CCC(=O)Nc1ncn(Cc2ccccc2)n1. The minimum Gasteiger partial charge on any atom is -0.293 e. The summed E-state index contributed by atoms with van der Waals surface area (Å²) in [5.41, 5.74) is 0.400. The van der Waals surface area contributed by atoms with Gasteiger partial charge in [-0.2, -0.15) is 18.3 Å². The van der Waals surface area contributed by atoms with Crippen molar-refractivity contribution in [2.75, 3.05) is 5.32 Å². The van der Waals surface area contributed by atoms with Gasteiger partial charge in [-0.05, 0) is 18.6 Å². The van der Waals surface area contributed by atoms with E-state index < -0.39 is 17.8 Å². The molecule has 1 aromatic carbocycles. The molecule has 0 aliphatic rings. The lowest BCUT2D eigenvalue weighted by molar-refractivity contribution is -0.141. The quantitative estimate of drug-likeness (QED) is 0.716. The number of carbonyl (C=O) groups excluding carboxylic acids is 1. The molecule has 0 saturated carbocycles. The molecule has 3 rings (SSSR count). The highest BCUT2D eigenvalue weighted by molar-refractivity contribution is 5.88. The van der Waals surface area contributed by atoms with Crippen molar-refractivity contribution in [1.82, 2.24) is 24.5 Å². The molecule has 7 nitrogen and oxygen atoms in total. The van der Waals surface area contributed by atoms with Crippen LogP contribution < -0.4 is 5.32 Å². The maximum absolute atomic E-state index is 12.7. The molecule has 1 amide bonds. The minimum atomic E-state index is -4.51. The third kappa shape index (κ3) is 4.93. The van der Waals surface area contributed by atoms with Crippen molar-refractivity contribution >= 4 is 11.9 Å². The fraction of sp³-hybridized carbons (Fsp3) is 0.294. The first-order chi connectivity index (χ1) is 12.8. The summed E-state index contributed by atoms with van der Waals surface area (Å²) in [4.78, 5) is 16.0. The highest BCUT2D eigenvalue weighted by Crippen LogP contribution is 2.28. The molecule has 142 valence electrons. The van der Waals surface area contributed by atoms with Gasteiger partial charge in [-0.15, -0.1) is 5.10 Å². The average molecular weight is 378 g/mol. The number of aryl methyl sites for hydroxylation is 2. The van der Waals surface area contributed by atoms with Gasteiger partial charge in [0, 0.05) is 18.7 Å². The van der Waals surface area contributed by atoms with E-state index in [9.17, 15) is 18.0 Å². The monoisotopic (exact) mass is 378 g/mol. The fourth-order valence-corrected chi connectivity index (χ4v) is 2.47. The number of hydrogen-bond donors (Lipinski definition) is 1. The third-order valence-electron chi connectivity index (χ3n) is 3.80. The molecule has 0 atom stereocenters. The lowest BCUT2D eigenvalue weighted by atomic mass is 10.2. The highest BCUT2D eigenvalue weighted by Gasteiger charge is 2.34. The molecular formula is C17H17F3N6O. The first kappa shape index (κ1) is 18.6. The van der Waals surface area contributed by atoms with E-state index in [0.717, 1.165) is 16.3 Å². The Morgan fingerprint density at radius 1 is 1.19 bits per heavy atom. The van der Waals surface area contributed by atoms with Crippen LogP contribution >= 0.6 is 0 Å². The molecule has 0 aliphatic heterocycles. The summed E-state index contributed by atoms with van der Waals surface area (Å²) in [6.07, 6.45) is -3.06. The van der Waals surface area contributed by atoms with Gasteiger partial charge < -0.3 is 0 Å². The van der Waals surface area contributed by atoms with Crippen molar-refractivity contribution in [3.63, 3.8) is 0 Å². The molecule has 0 radical (unpaired) electrons. The van der Waals surface area contributed by atoms with E-state index in [1.807, 2.05) is 30.3 Å². The molecule has 0 spiro atoms. The molecule has 0 saturated heterocycles. The molecule has 10 heteroatoms. The van der Waals surface area contributed by atoms with Crippen LogP contribution in [0.1, 0.15) is 23.4 Å². The Morgan fingerprint density at radius 2 is 1.93 bits per heavy atom. The second-order valence-electron chi connectivity index (χ2n) is 5.94.